The van der Waals surface area contributed by atoms with Gasteiger partial charge in [0.05, 0.1) is 30.7 Å². The van der Waals surface area contributed by atoms with Gasteiger partial charge in [-0.05, 0) is 23.3 Å². The summed E-state index contributed by atoms with van der Waals surface area (Å²) in [4.78, 5) is 39.4. The van der Waals surface area contributed by atoms with E-state index in [1.54, 1.807) is 6.07 Å². The van der Waals surface area contributed by atoms with E-state index in [2.05, 4.69) is 0 Å². The first kappa shape index (κ1) is 23.5. The van der Waals surface area contributed by atoms with Gasteiger partial charge >= 0.3 is 0 Å². The number of ether oxygens (including phenoxy) is 1. The van der Waals surface area contributed by atoms with Gasteiger partial charge < -0.3 is 19.6 Å². The number of likely N-dealkylation sites (tertiary alicyclic amines) is 1. The van der Waals surface area contributed by atoms with Crippen molar-refractivity contribution in [3.8, 4) is 0 Å². The summed E-state index contributed by atoms with van der Waals surface area (Å²) in [6, 6.07) is 9.22. The van der Waals surface area contributed by atoms with Crippen LogP contribution in [0.25, 0.3) is 5.76 Å². The van der Waals surface area contributed by atoms with Crippen LogP contribution >= 0.6 is 0 Å². The Kier molecular flexibility index (Phi) is 6.99. The number of morpholine rings is 1. The molecule has 1 amide bonds. The average molecular weight is 469 g/mol. The molecule has 9 nitrogen and oxygen atoms in total. The van der Waals surface area contributed by atoms with E-state index in [1.807, 2.05) is 0 Å². The summed E-state index contributed by atoms with van der Waals surface area (Å²) in [6.07, 6.45) is 0.581. The van der Waals surface area contributed by atoms with Crippen LogP contribution in [0.15, 0.2) is 54.1 Å². The number of quaternary nitrogens is 1. The van der Waals surface area contributed by atoms with Crippen LogP contribution in [-0.4, -0.2) is 60.9 Å². The normalized spacial score (nSPS) is 20.6. The molecule has 4 rings (SSSR count). The largest absolute Gasteiger partial charge is 0.872 e. The number of non-ortho nitro benzene ring substituents is 1. The highest BCUT2D eigenvalue weighted by molar-refractivity contribution is 6.46. The third-order valence-corrected chi connectivity index (χ3v) is 6.16. The van der Waals surface area contributed by atoms with E-state index < -0.39 is 34.2 Å². The maximum atomic E-state index is 13.4. The van der Waals surface area contributed by atoms with Crippen LogP contribution in [0, 0.1) is 15.9 Å². The minimum Gasteiger partial charge on any atom is -0.872 e. The Morgan fingerprint density at radius 3 is 2.53 bits per heavy atom. The molecule has 2 aromatic carbocycles. The van der Waals surface area contributed by atoms with E-state index in [0.29, 0.717) is 25.2 Å². The maximum Gasteiger partial charge on any atom is 0.295 e. The molecule has 2 saturated heterocycles. The Labute approximate surface area is 195 Å². The second-order valence-corrected chi connectivity index (χ2v) is 8.30. The first-order valence-electron chi connectivity index (χ1n) is 11.0. The molecule has 2 aromatic rings. The van der Waals surface area contributed by atoms with Crippen molar-refractivity contribution >= 4 is 23.1 Å². The summed E-state index contributed by atoms with van der Waals surface area (Å²) < 4.78 is 18.7. The molecule has 2 aliphatic rings. The van der Waals surface area contributed by atoms with Crippen LogP contribution in [-0.2, 0) is 14.3 Å². The molecule has 0 radical (unpaired) electrons. The highest BCUT2D eigenvalue weighted by atomic mass is 19.1. The van der Waals surface area contributed by atoms with Gasteiger partial charge in [-0.25, -0.2) is 4.39 Å². The van der Waals surface area contributed by atoms with Gasteiger partial charge in [0, 0.05) is 30.7 Å². The number of nitrogens with zero attached hydrogens (tertiary/aromatic N) is 2. The summed E-state index contributed by atoms with van der Waals surface area (Å²) in [5.74, 6) is -3.00. The lowest BCUT2D eigenvalue weighted by Gasteiger charge is -2.28. The van der Waals surface area contributed by atoms with E-state index in [0.717, 1.165) is 31.8 Å². The van der Waals surface area contributed by atoms with Crippen molar-refractivity contribution in [2.45, 2.75) is 12.5 Å². The molecule has 2 fully saturated rings. The number of amides is 1. The zero-order chi connectivity index (χ0) is 24.2. The minimum atomic E-state index is -1.06. The number of hydrogen-bond donors (Lipinski definition) is 1. The van der Waals surface area contributed by atoms with E-state index >= 15 is 0 Å². The van der Waals surface area contributed by atoms with Gasteiger partial charge in [0.2, 0.25) is 5.78 Å². The average Bonchev–Trinajstić information content (AvgIpc) is 3.10. The van der Waals surface area contributed by atoms with Crippen molar-refractivity contribution in [3.05, 3.63) is 81.2 Å². The van der Waals surface area contributed by atoms with Crippen molar-refractivity contribution in [2.24, 2.45) is 0 Å². The molecule has 0 saturated carbocycles. The molecule has 34 heavy (non-hydrogen) atoms. The smallest absolute Gasteiger partial charge is 0.295 e. The van der Waals surface area contributed by atoms with Gasteiger partial charge in [-0.15, -0.1) is 0 Å². The molecule has 1 N–H and O–H groups in total. The lowest BCUT2D eigenvalue weighted by molar-refractivity contribution is -0.908. The molecular weight excluding hydrogens is 445 g/mol. The van der Waals surface area contributed by atoms with E-state index in [1.165, 1.54) is 40.1 Å². The maximum absolute atomic E-state index is 13.4. The van der Waals surface area contributed by atoms with Crippen LogP contribution in [0.2, 0.25) is 0 Å². The van der Waals surface area contributed by atoms with Gasteiger partial charge in [0.25, 0.3) is 11.6 Å². The number of nitrogens with one attached hydrogen (secondary N) is 1. The predicted molar refractivity (Wildman–Crippen MR) is 117 cm³/mol. The Balaban J connectivity index is 1.70. The number of ketones is 1. The van der Waals surface area contributed by atoms with Crippen LogP contribution in [0.5, 0.6) is 0 Å². The van der Waals surface area contributed by atoms with Crippen LogP contribution in [0.3, 0.4) is 0 Å². The lowest BCUT2D eigenvalue weighted by Crippen LogP contribution is -3.14. The summed E-state index contributed by atoms with van der Waals surface area (Å²) in [5, 5.41) is 24.6. The van der Waals surface area contributed by atoms with E-state index in [4.69, 9.17) is 4.74 Å². The molecule has 2 heterocycles. The van der Waals surface area contributed by atoms with Crippen molar-refractivity contribution in [2.75, 3.05) is 39.4 Å². The monoisotopic (exact) mass is 469 g/mol. The number of nitro benzene ring substituents is 1. The highest BCUT2D eigenvalue weighted by Crippen LogP contribution is 2.39. The van der Waals surface area contributed by atoms with Crippen LogP contribution in [0.4, 0.5) is 10.1 Å². The van der Waals surface area contributed by atoms with E-state index in [9.17, 15) is 29.2 Å². The topological polar surface area (TPSA) is 117 Å². The van der Waals surface area contributed by atoms with Gasteiger partial charge in [-0.1, -0.05) is 30.0 Å². The predicted octanol–water partition coefficient (Wildman–Crippen LogP) is 0.263. The van der Waals surface area contributed by atoms with Crippen LogP contribution in [0.1, 0.15) is 23.6 Å². The number of hydrogen-bond acceptors (Lipinski definition) is 6. The SMILES string of the molecule is O=C1C(=O)N(CCC[NH+]2CCOCC2)C(c2cccc([N+](=O)[O-])c2)/C1=C(\[O-])c1ccc(F)cc1. The summed E-state index contributed by atoms with van der Waals surface area (Å²) in [6.45, 7) is 3.99. The van der Waals surface area contributed by atoms with Crippen molar-refractivity contribution in [1.29, 1.82) is 0 Å². The fourth-order valence-electron chi connectivity index (χ4n) is 4.42. The summed E-state index contributed by atoms with van der Waals surface area (Å²) >= 11 is 0. The Morgan fingerprint density at radius 1 is 1.15 bits per heavy atom. The lowest BCUT2D eigenvalue weighted by atomic mass is 9.95. The molecule has 0 aromatic heterocycles. The first-order chi connectivity index (χ1) is 16.4. The Morgan fingerprint density at radius 2 is 1.85 bits per heavy atom. The number of carbonyl (C=O) groups excluding carboxylic acids is 2. The molecule has 178 valence electrons. The molecule has 1 unspecified atom stereocenters. The van der Waals surface area contributed by atoms with Crippen LogP contribution < -0.4 is 10.0 Å². The summed E-state index contributed by atoms with van der Waals surface area (Å²) in [5.41, 5.74) is -0.128. The molecular formula is C24H24FN3O6. The molecule has 0 aliphatic carbocycles. The second-order valence-electron chi connectivity index (χ2n) is 8.30. The number of carbonyl (C=O) groups is 2. The number of Topliss-reactive ketones (excluding diaryl/α,β-unsaturated/α-hetero) is 1. The van der Waals surface area contributed by atoms with Gasteiger partial charge in [0.1, 0.15) is 18.9 Å². The second kappa shape index (κ2) is 10.1. The fourth-order valence-corrected chi connectivity index (χ4v) is 4.42. The Bertz CT molecular complexity index is 1130. The number of nitro groups is 1. The summed E-state index contributed by atoms with van der Waals surface area (Å²) in [7, 11) is 0. The van der Waals surface area contributed by atoms with Gasteiger partial charge in [-0.3, -0.25) is 19.7 Å². The van der Waals surface area contributed by atoms with Crippen molar-refractivity contribution in [3.63, 3.8) is 0 Å². The number of benzene rings is 2. The molecule has 0 spiro atoms. The number of halogens is 1. The standard InChI is InChI=1S/C24H24FN3O6/c25-18-7-5-16(6-8-18)22(29)20-21(17-3-1-4-19(15-17)28(32)33)27(24(31)23(20)30)10-2-9-26-11-13-34-14-12-26/h1,3-8,15,21,29H,2,9-14H2/b22-20+. The van der Waals surface area contributed by atoms with Gasteiger partial charge in [-0.2, -0.15) is 0 Å². The third kappa shape index (κ3) is 4.82. The minimum absolute atomic E-state index is 0.0626. The third-order valence-electron chi connectivity index (χ3n) is 6.16. The highest BCUT2D eigenvalue weighted by Gasteiger charge is 2.44. The van der Waals surface area contributed by atoms with Gasteiger partial charge in [0.15, 0.2) is 0 Å². The molecule has 2 aliphatic heterocycles. The first-order valence-corrected chi connectivity index (χ1v) is 11.0. The zero-order valence-corrected chi connectivity index (χ0v) is 18.4. The van der Waals surface area contributed by atoms with Crippen molar-refractivity contribution in [1.82, 2.24) is 4.90 Å². The molecule has 0 bridgehead atoms. The quantitative estimate of drug-likeness (QED) is 0.204. The molecule has 10 heteroatoms. The number of rotatable bonds is 7. The zero-order valence-electron chi connectivity index (χ0n) is 18.4. The fraction of sp³-hybridized carbons (Fsp3) is 0.333. The van der Waals surface area contributed by atoms with Crippen molar-refractivity contribution < 1.29 is 33.6 Å². The Hall–Kier alpha value is -3.63. The van der Waals surface area contributed by atoms with E-state index in [-0.39, 0.29) is 23.4 Å². The molecule has 1 atom stereocenters.